The smallest absolute Gasteiger partial charge is 0.191 e. The molecule has 1 N–H and O–H groups in total. The summed E-state index contributed by atoms with van der Waals surface area (Å²) < 4.78 is 0. The zero-order valence-electron chi connectivity index (χ0n) is 9.20. The number of carbonyl (C=O) groups is 1. The molecule has 15 heavy (non-hydrogen) atoms. The molecule has 0 amide bonds. The van der Waals surface area contributed by atoms with Crippen molar-refractivity contribution in [3.63, 3.8) is 0 Å². The van der Waals surface area contributed by atoms with E-state index in [1.54, 1.807) is 0 Å². The predicted octanol–water partition coefficient (Wildman–Crippen LogP) is 2.55. The number of ketones is 1. The summed E-state index contributed by atoms with van der Waals surface area (Å²) in [5, 5.41) is 12.7. The Morgan fingerprint density at radius 3 is 2.53 bits per heavy atom. The number of hydrogen-bond acceptors (Lipinski definition) is 4. The van der Waals surface area contributed by atoms with Crippen molar-refractivity contribution in [3.8, 4) is 0 Å². The molecule has 0 heterocycles. The van der Waals surface area contributed by atoms with Crippen LogP contribution < -0.4 is 0 Å². The molecule has 2 aliphatic rings. The predicted molar refractivity (Wildman–Crippen MR) is 55.1 cm³/mol. The Kier molecular flexibility index (Phi) is 1.85. The van der Waals surface area contributed by atoms with E-state index in [-0.39, 0.29) is 28.6 Å². The topological polar surface area (TPSA) is 66.7 Å². The molecule has 2 bridgehead atoms. The standard InChI is InChI=1S/C11H15NO3/c1-10(2)6-4-5-11(10,3)9(14)7(12-15)8(6)13/h6,14H,4-5H2,1-3H3/t6-,11-/m1/s1. The van der Waals surface area contributed by atoms with Crippen molar-refractivity contribution in [3.05, 3.63) is 16.4 Å². The molecule has 0 aromatic carbocycles. The number of aliphatic hydroxyl groups is 1. The molecule has 0 spiro atoms. The highest BCUT2D eigenvalue weighted by molar-refractivity contribution is 5.99. The van der Waals surface area contributed by atoms with E-state index in [1.165, 1.54) is 0 Å². The molecule has 0 aromatic heterocycles. The lowest BCUT2D eigenvalue weighted by molar-refractivity contribution is -0.125. The SMILES string of the molecule is CC1(C)[C@@H]2CC[C@]1(C)C(O)=C(N=O)C2=O. The lowest BCUT2D eigenvalue weighted by atomic mass is 9.60. The van der Waals surface area contributed by atoms with E-state index in [0.29, 0.717) is 0 Å². The van der Waals surface area contributed by atoms with Gasteiger partial charge in [-0.1, -0.05) is 20.8 Å². The summed E-state index contributed by atoms with van der Waals surface area (Å²) in [6.45, 7) is 5.85. The second-order valence-electron chi connectivity index (χ2n) is 5.30. The number of fused-ring (bicyclic) bond motifs is 2. The van der Waals surface area contributed by atoms with Crippen molar-refractivity contribution >= 4 is 5.78 Å². The van der Waals surface area contributed by atoms with Gasteiger partial charge in [-0.15, -0.1) is 4.91 Å². The van der Waals surface area contributed by atoms with Gasteiger partial charge in [0.15, 0.2) is 11.5 Å². The molecular weight excluding hydrogens is 194 g/mol. The fourth-order valence-electron chi connectivity index (χ4n) is 3.01. The average molecular weight is 209 g/mol. The number of nitroso groups, excluding NO2 is 1. The van der Waals surface area contributed by atoms with E-state index in [0.717, 1.165) is 12.8 Å². The minimum absolute atomic E-state index is 0.110. The molecule has 0 unspecified atom stereocenters. The van der Waals surface area contributed by atoms with Crippen LogP contribution >= 0.6 is 0 Å². The largest absolute Gasteiger partial charge is 0.509 e. The summed E-state index contributed by atoms with van der Waals surface area (Å²) in [5.74, 6) is -0.574. The van der Waals surface area contributed by atoms with Gasteiger partial charge in [0.25, 0.3) is 0 Å². The first-order chi connectivity index (χ1) is 6.86. The molecule has 1 saturated carbocycles. The van der Waals surface area contributed by atoms with Crippen LogP contribution in [0.5, 0.6) is 0 Å². The van der Waals surface area contributed by atoms with E-state index in [1.807, 2.05) is 20.8 Å². The Bertz CT molecular complexity index is 383. The molecule has 0 aromatic rings. The number of nitrogens with zero attached hydrogens (tertiary/aromatic N) is 1. The van der Waals surface area contributed by atoms with Crippen LogP contribution in [-0.2, 0) is 4.79 Å². The van der Waals surface area contributed by atoms with Crippen LogP contribution in [0.4, 0.5) is 0 Å². The van der Waals surface area contributed by atoms with Crippen LogP contribution in [0.1, 0.15) is 33.6 Å². The van der Waals surface area contributed by atoms with Gasteiger partial charge in [0, 0.05) is 11.3 Å². The molecule has 2 rings (SSSR count). The van der Waals surface area contributed by atoms with Crippen molar-refractivity contribution in [2.45, 2.75) is 33.6 Å². The minimum atomic E-state index is -0.477. The highest BCUT2D eigenvalue weighted by Gasteiger charge is 2.61. The Hall–Kier alpha value is -1.19. The van der Waals surface area contributed by atoms with E-state index < -0.39 is 5.41 Å². The number of rotatable bonds is 1. The molecule has 2 aliphatic carbocycles. The maximum Gasteiger partial charge on any atom is 0.191 e. The summed E-state index contributed by atoms with van der Waals surface area (Å²) in [5.41, 5.74) is -1.02. The van der Waals surface area contributed by atoms with Crippen molar-refractivity contribution in [1.29, 1.82) is 0 Å². The lowest BCUT2D eigenvalue weighted by Crippen LogP contribution is -2.43. The quantitative estimate of drug-likeness (QED) is 0.675. The van der Waals surface area contributed by atoms with Crippen LogP contribution in [0, 0.1) is 21.7 Å². The Labute approximate surface area is 88.3 Å². The third-order valence-electron chi connectivity index (χ3n) is 4.61. The molecule has 4 heteroatoms. The number of aliphatic hydroxyl groups excluding tert-OH is 1. The average Bonchev–Trinajstić information content (AvgIpc) is 2.33. The van der Waals surface area contributed by atoms with Gasteiger partial charge in [0.2, 0.25) is 0 Å². The Morgan fingerprint density at radius 2 is 2.00 bits per heavy atom. The van der Waals surface area contributed by atoms with E-state index >= 15 is 0 Å². The van der Waals surface area contributed by atoms with Crippen molar-refractivity contribution in [2.75, 3.05) is 0 Å². The summed E-state index contributed by atoms with van der Waals surface area (Å²) in [6.07, 6.45) is 1.46. The number of Topliss-reactive ketones (excluding diaryl/α,β-unsaturated/α-hetero) is 1. The molecule has 82 valence electrons. The number of hydrogen-bond donors (Lipinski definition) is 1. The molecule has 0 radical (unpaired) electrons. The molecular formula is C11H15NO3. The van der Waals surface area contributed by atoms with Gasteiger partial charge in [-0.2, -0.15) is 0 Å². The first kappa shape index (κ1) is 10.3. The first-order valence-electron chi connectivity index (χ1n) is 5.17. The van der Waals surface area contributed by atoms with Crippen molar-refractivity contribution in [1.82, 2.24) is 0 Å². The van der Waals surface area contributed by atoms with Gasteiger partial charge in [0.05, 0.1) is 0 Å². The second kappa shape index (κ2) is 2.68. The van der Waals surface area contributed by atoms with E-state index in [2.05, 4.69) is 5.18 Å². The highest BCUT2D eigenvalue weighted by Crippen LogP contribution is 2.62. The lowest BCUT2D eigenvalue weighted by Gasteiger charge is -2.43. The van der Waals surface area contributed by atoms with Crippen LogP contribution in [0.3, 0.4) is 0 Å². The normalized spacial score (nSPS) is 38.3. The van der Waals surface area contributed by atoms with Gasteiger partial charge in [-0.25, -0.2) is 0 Å². The number of allylic oxidation sites excluding steroid dienone is 2. The molecule has 1 fully saturated rings. The third-order valence-corrected chi connectivity index (χ3v) is 4.61. The van der Waals surface area contributed by atoms with E-state index in [9.17, 15) is 14.8 Å². The van der Waals surface area contributed by atoms with Crippen LogP contribution in [-0.4, -0.2) is 10.9 Å². The van der Waals surface area contributed by atoms with Gasteiger partial charge in [-0.05, 0) is 23.4 Å². The second-order valence-corrected chi connectivity index (χ2v) is 5.30. The van der Waals surface area contributed by atoms with Gasteiger partial charge in [-0.3, -0.25) is 4.79 Å². The minimum Gasteiger partial charge on any atom is -0.509 e. The summed E-state index contributed by atoms with van der Waals surface area (Å²) >= 11 is 0. The van der Waals surface area contributed by atoms with Crippen molar-refractivity contribution in [2.24, 2.45) is 21.9 Å². The Morgan fingerprint density at radius 1 is 1.40 bits per heavy atom. The first-order valence-corrected chi connectivity index (χ1v) is 5.17. The monoisotopic (exact) mass is 209 g/mol. The third kappa shape index (κ3) is 0.945. The zero-order chi connectivity index (χ0) is 11.4. The molecule has 0 saturated heterocycles. The maximum atomic E-state index is 11.9. The molecule has 4 nitrogen and oxygen atoms in total. The van der Waals surface area contributed by atoms with E-state index in [4.69, 9.17) is 0 Å². The maximum absolute atomic E-state index is 11.9. The zero-order valence-corrected chi connectivity index (χ0v) is 9.20. The van der Waals surface area contributed by atoms with Gasteiger partial charge in [0.1, 0.15) is 5.76 Å². The van der Waals surface area contributed by atoms with Crippen LogP contribution in [0.15, 0.2) is 16.6 Å². The summed E-state index contributed by atoms with van der Waals surface area (Å²) in [7, 11) is 0. The van der Waals surface area contributed by atoms with Crippen molar-refractivity contribution < 1.29 is 9.90 Å². The summed E-state index contributed by atoms with van der Waals surface area (Å²) in [4.78, 5) is 22.4. The summed E-state index contributed by atoms with van der Waals surface area (Å²) in [6, 6.07) is 0. The molecule has 2 atom stereocenters. The van der Waals surface area contributed by atoms with Crippen LogP contribution in [0.2, 0.25) is 0 Å². The molecule has 0 aliphatic heterocycles. The number of carbonyl (C=O) groups excluding carboxylic acids is 1. The fourth-order valence-corrected chi connectivity index (χ4v) is 3.01. The van der Waals surface area contributed by atoms with Crippen LogP contribution in [0.25, 0.3) is 0 Å². The van der Waals surface area contributed by atoms with Gasteiger partial charge < -0.3 is 5.11 Å². The van der Waals surface area contributed by atoms with Gasteiger partial charge >= 0.3 is 0 Å². The highest BCUT2D eigenvalue weighted by atomic mass is 16.3. The fraction of sp³-hybridized carbons (Fsp3) is 0.727. The Balaban J connectivity index is 2.68.